The van der Waals surface area contributed by atoms with Crippen LogP contribution in [0.1, 0.15) is 96.0 Å². The number of methoxy groups -OCH3 is 1. The van der Waals surface area contributed by atoms with Crippen molar-refractivity contribution in [1.82, 2.24) is 4.90 Å². The van der Waals surface area contributed by atoms with E-state index in [0.717, 1.165) is 51.1 Å². The first-order valence-corrected chi connectivity index (χ1v) is 14.2. The summed E-state index contributed by atoms with van der Waals surface area (Å²) in [6.45, 7) is 5.08. The van der Waals surface area contributed by atoms with Crippen LogP contribution >= 0.6 is 0 Å². The molecule has 35 heavy (non-hydrogen) atoms. The Bertz CT molecular complexity index is 816. The molecule has 0 spiro atoms. The molecule has 1 fully saturated rings. The van der Waals surface area contributed by atoms with E-state index >= 15 is 0 Å². The van der Waals surface area contributed by atoms with Crippen LogP contribution in [-0.4, -0.2) is 43.6 Å². The summed E-state index contributed by atoms with van der Waals surface area (Å²) in [4.78, 5) is 17.4. The third-order valence-electron chi connectivity index (χ3n) is 7.52. The number of benzene rings is 1. The summed E-state index contributed by atoms with van der Waals surface area (Å²) in [6, 6.07) is 6.85. The minimum Gasteiger partial charge on any atom is -0.497 e. The molecule has 0 bridgehead atoms. The van der Waals surface area contributed by atoms with Gasteiger partial charge in [0.05, 0.1) is 7.11 Å². The monoisotopic (exact) mass is 480 g/mol. The molecule has 0 N–H and O–H groups in total. The van der Waals surface area contributed by atoms with Gasteiger partial charge in [0, 0.05) is 43.9 Å². The van der Waals surface area contributed by atoms with Gasteiger partial charge in [-0.05, 0) is 63.0 Å². The van der Waals surface area contributed by atoms with Crippen LogP contribution in [0.15, 0.2) is 42.5 Å². The Labute approximate surface area is 214 Å². The number of carbonyl (C=O) groups excluding carboxylic acids is 1. The van der Waals surface area contributed by atoms with Crippen molar-refractivity contribution in [3.63, 3.8) is 0 Å². The van der Waals surface area contributed by atoms with E-state index in [2.05, 4.69) is 59.2 Å². The molecule has 2 heterocycles. The molecule has 1 atom stereocenters. The van der Waals surface area contributed by atoms with Gasteiger partial charge >= 0.3 is 0 Å². The third-order valence-corrected chi connectivity index (χ3v) is 7.52. The Morgan fingerprint density at radius 2 is 1.71 bits per heavy atom. The topological polar surface area (TPSA) is 32.8 Å². The molecule has 4 nitrogen and oxygen atoms in total. The summed E-state index contributed by atoms with van der Waals surface area (Å²) in [7, 11) is 1.73. The lowest BCUT2D eigenvalue weighted by atomic mass is 10.1. The normalized spacial score (nSPS) is 17.7. The number of likely N-dealkylation sites (tertiary alicyclic amines) is 1. The lowest BCUT2D eigenvalue weighted by Crippen LogP contribution is -2.38. The molecular formula is C31H48N2O2. The molecule has 0 saturated carbocycles. The average molecular weight is 481 g/mol. The van der Waals surface area contributed by atoms with E-state index in [0.29, 0.717) is 18.4 Å². The van der Waals surface area contributed by atoms with Crippen molar-refractivity contribution in [3.05, 3.63) is 48.1 Å². The first-order chi connectivity index (χ1) is 17.2. The SMILES string of the molecule is CCCCC/C=C\C/C=C\CCCCCCCC(=O)N1CCC(N2CCc3ccc(OC)cc32)C1. The summed E-state index contributed by atoms with van der Waals surface area (Å²) in [6.07, 6.45) is 25.6. The van der Waals surface area contributed by atoms with Gasteiger partial charge in [0.1, 0.15) is 5.75 Å². The Morgan fingerprint density at radius 3 is 2.49 bits per heavy atom. The molecule has 1 aromatic carbocycles. The van der Waals surface area contributed by atoms with E-state index in [1.165, 1.54) is 69.0 Å². The largest absolute Gasteiger partial charge is 0.497 e. The van der Waals surface area contributed by atoms with Crippen molar-refractivity contribution in [2.45, 2.75) is 103 Å². The van der Waals surface area contributed by atoms with Gasteiger partial charge < -0.3 is 14.5 Å². The smallest absolute Gasteiger partial charge is 0.222 e. The van der Waals surface area contributed by atoms with Crippen LogP contribution in [0, 0.1) is 0 Å². The zero-order valence-electron chi connectivity index (χ0n) is 22.4. The van der Waals surface area contributed by atoms with Crippen molar-refractivity contribution >= 4 is 11.6 Å². The Hall–Kier alpha value is -2.23. The summed E-state index contributed by atoms with van der Waals surface area (Å²) in [5, 5.41) is 0. The molecule has 1 saturated heterocycles. The van der Waals surface area contributed by atoms with Crippen molar-refractivity contribution < 1.29 is 9.53 Å². The van der Waals surface area contributed by atoms with Crippen molar-refractivity contribution in [2.75, 3.05) is 31.6 Å². The fourth-order valence-electron chi connectivity index (χ4n) is 5.36. The highest BCUT2D eigenvalue weighted by atomic mass is 16.5. The maximum atomic E-state index is 12.8. The van der Waals surface area contributed by atoms with Crippen LogP contribution in [-0.2, 0) is 11.2 Å². The average Bonchev–Trinajstić information content (AvgIpc) is 3.53. The fraction of sp³-hybridized carbons (Fsp3) is 0.645. The van der Waals surface area contributed by atoms with Crippen LogP contribution in [0.3, 0.4) is 0 Å². The van der Waals surface area contributed by atoms with E-state index in [9.17, 15) is 4.79 Å². The zero-order valence-corrected chi connectivity index (χ0v) is 22.4. The molecule has 0 aliphatic carbocycles. The highest BCUT2D eigenvalue weighted by Gasteiger charge is 2.33. The van der Waals surface area contributed by atoms with Crippen LogP contribution < -0.4 is 9.64 Å². The summed E-state index contributed by atoms with van der Waals surface area (Å²) < 4.78 is 5.43. The Morgan fingerprint density at radius 1 is 0.971 bits per heavy atom. The number of nitrogens with zero attached hydrogens (tertiary/aromatic N) is 2. The standard InChI is InChI=1S/C31H48N2O2/c1-3-4-5-6-7-8-9-10-11-12-13-14-15-16-17-18-31(34)32-23-22-28(26-32)33-24-21-27-19-20-29(35-2)25-30(27)33/h7-8,10-11,19-20,25,28H,3-6,9,12-18,21-24,26H2,1-2H3/b8-7-,11-10-. The molecule has 1 unspecified atom stereocenters. The first kappa shape index (κ1) is 27.4. The number of hydrogen-bond donors (Lipinski definition) is 0. The predicted octanol–water partition coefficient (Wildman–Crippen LogP) is 7.47. The lowest BCUT2D eigenvalue weighted by molar-refractivity contribution is -0.130. The molecule has 2 aliphatic rings. The Balaban J connectivity index is 1.22. The minimum absolute atomic E-state index is 0.350. The summed E-state index contributed by atoms with van der Waals surface area (Å²) >= 11 is 0. The number of fused-ring (bicyclic) bond motifs is 1. The van der Waals surface area contributed by atoms with Crippen LogP contribution in [0.25, 0.3) is 0 Å². The van der Waals surface area contributed by atoms with Gasteiger partial charge in [-0.2, -0.15) is 0 Å². The summed E-state index contributed by atoms with van der Waals surface area (Å²) in [5.41, 5.74) is 2.71. The number of allylic oxidation sites excluding steroid dienone is 4. The van der Waals surface area contributed by atoms with Gasteiger partial charge in [0.25, 0.3) is 0 Å². The quantitative estimate of drug-likeness (QED) is 0.182. The Kier molecular flexibility index (Phi) is 12.3. The number of ether oxygens (including phenoxy) is 1. The molecule has 0 aromatic heterocycles. The number of unbranched alkanes of at least 4 members (excludes halogenated alkanes) is 8. The van der Waals surface area contributed by atoms with Crippen molar-refractivity contribution in [1.29, 1.82) is 0 Å². The maximum absolute atomic E-state index is 12.8. The molecule has 1 aromatic rings. The van der Waals surface area contributed by atoms with Crippen molar-refractivity contribution in [3.8, 4) is 5.75 Å². The number of amides is 1. The van der Waals surface area contributed by atoms with Crippen LogP contribution in [0.2, 0.25) is 0 Å². The first-order valence-electron chi connectivity index (χ1n) is 14.2. The number of hydrogen-bond acceptors (Lipinski definition) is 3. The molecule has 4 heteroatoms. The van der Waals surface area contributed by atoms with Gasteiger partial charge in [-0.3, -0.25) is 4.79 Å². The van der Waals surface area contributed by atoms with Crippen molar-refractivity contribution in [2.24, 2.45) is 0 Å². The van der Waals surface area contributed by atoms with E-state index in [-0.39, 0.29) is 0 Å². The van der Waals surface area contributed by atoms with Gasteiger partial charge in [0.15, 0.2) is 0 Å². The van der Waals surface area contributed by atoms with E-state index < -0.39 is 0 Å². The second-order valence-corrected chi connectivity index (χ2v) is 10.2. The predicted molar refractivity (Wildman–Crippen MR) is 148 cm³/mol. The zero-order chi connectivity index (χ0) is 24.7. The second-order valence-electron chi connectivity index (χ2n) is 10.2. The molecule has 1 amide bonds. The van der Waals surface area contributed by atoms with E-state index in [1.807, 2.05) is 0 Å². The maximum Gasteiger partial charge on any atom is 0.222 e. The molecule has 0 radical (unpaired) electrons. The molecule has 3 rings (SSSR count). The van der Waals surface area contributed by atoms with Gasteiger partial charge in [-0.1, -0.05) is 69.4 Å². The molecular weight excluding hydrogens is 432 g/mol. The highest BCUT2D eigenvalue weighted by Crippen LogP contribution is 2.35. The van der Waals surface area contributed by atoms with Crippen LogP contribution in [0.5, 0.6) is 5.75 Å². The summed E-state index contributed by atoms with van der Waals surface area (Å²) in [5.74, 6) is 1.27. The fourth-order valence-corrected chi connectivity index (χ4v) is 5.36. The molecule has 194 valence electrons. The number of anilines is 1. The van der Waals surface area contributed by atoms with Gasteiger partial charge in [-0.25, -0.2) is 0 Å². The van der Waals surface area contributed by atoms with Crippen LogP contribution in [0.4, 0.5) is 5.69 Å². The third kappa shape index (κ3) is 9.05. The van der Waals surface area contributed by atoms with Gasteiger partial charge in [-0.15, -0.1) is 0 Å². The molecule has 2 aliphatic heterocycles. The van der Waals surface area contributed by atoms with Gasteiger partial charge in [0.2, 0.25) is 5.91 Å². The second kappa shape index (κ2) is 15.7. The van der Waals surface area contributed by atoms with E-state index in [1.54, 1.807) is 7.11 Å². The number of carbonyl (C=O) groups is 1. The lowest BCUT2D eigenvalue weighted by Gasteiger charge is -2.27. The number of rotatable bonds is 16. The highest BCUT2D eigenvalue weighted by molar-refractivity contribution is 5.76. The van der Waals surface area contributed by atoms with E-state index in [4.69, 9.17) is 4.74 Å². The minimum atomic E-state index is 0.350.